The Morgan fingerprint density at radius 3 is 1.46 bits per heavy atom. The van der Waals surface area contributed by atoms with Crippen molar-refractivity contribution in [3.8, 4) is 23.0 Å². The number of aldehydes is 2. The second kappa shape index (κ2) is 8.53. The van der Waals surface area contributed by atoms with E-state index < -0.39 is 0 Å². The molecule has 2 rings (SSSR count). The van der Waals surface area contributed by atoms with Gasteiger partial charge in [0, 0.05) is 11.1 Å². The number of carbonyl (C=O) groups is 2. The molecule has 0 aliphatic carbocycles. The van der Waals surface area contributed by atoms with Crippen LogP contribution in [0.25, 0.3) is 12.2 Å². The van der Waals surface area contributed by atoms with Crippen molar-refractivity contribution < 1.29 is 29.3 Å². The zero-order valence-electron chi connectivity index (χ0n) is 14.3. The van der Waals surface area contributed by atoms with Crippen molar-refractivity contribution in [2.75, 3.05) is 14.2 Å². The van der Waals surface area contributed by atoms with Crippen LogP contribution in [0, 0.1) is 0 Å². The molecule has 6 nitrogen and oxygen atoms in total. The fourth-order valence-electron chi connectivity index (χ4n) is 2.30. The predicted molar refractivity (Wildman–Crippen MR) is 97.4 cm³/mol. The number of methoxy groups -OCH3 is 2. The van der Waals surface area contributed by atoms with E-state index in [9.17, 15) is 19.8 Å². The molecule has 0 unspecified atom stereocenters. The highest BCUT2D eigenvalue weighted by atomic mass is 16.5. The fraction of sp³-hybridized carbons (Fsp3) is 0.100. The minimum absolute atomic E-state index is 0.0281. The van der Waals surface area contributed by atoms with Crippen LogP contribution in [0.4, 0.5) is 0 Å². The first-order chi connectivity index (χ1) is 12.5. The van der Waals surface area contributed by atoms with Crippen molar-refractivity contribution in [2.45, 2.75) is 0 Å². The molecular formula is C20H18O6. The van der Waals surface area contributed by atoms with Crippen LogP contribution >= 0.6 is 0 Å². The zero-order valence-corrected chi connectivity index (χ0v) is 14.3. The molecule has 0 saturated heterocycles. The summed E-state index contributed by atoms with van der Waals surface area (Å²) in [6.07, 6.45) is 4.15. The van der Waals surface area contributed by atoms with Crippen LogP contribution in [-0.4, -0.2) is 37.0 Å². The van der Waals surface area contributed by atoms with E-state index >= 15 is 0 Å². The molecule has 0 aromatic heterocycles. The van der Waals surface area contributed by atoms with E-state index in [1.54, 1.807) is 24.3 Å². The molecule has 0 heterocycles. The molecule has 0 aliphatic rings. The van der Waals surface area contributed by atoms with Gasteiger partial charge >= 0.3 is 0 Å². The third kappa shape index (κ3) is 4.30. The molecule has 0 bridgehead atoms. The Morgan fingerprint density at radius 2 is 1.15 bits per heavy atom. The number of carbonyl (C=O) groups excluding carboxylic acids is 2. The predicted octanol–water partition coefficient (Wildman–Crippen LogP) is 2.98. The van der Waals surface area contributed by atoms with E-state index in [2.05, 4.69) is 0 Å². The topological polar surface area (TPSA) is 93.1 Å². The Hall–Kier alpha value is -3.54. The number of hydrogen-bond acceptors (Lipinski definition) is 6. The summed E-state index contributed by atoms with van der Waals surface area (Å²) in [4.78, 5) is 23.0. The highest BCUT2D eigenvalue weighted by molar-refractivity contribution is 6.02. The summed E-state index contributed by atoms with van der Waals surface area (Å²) >= 11 is 0. The maximum atomic E-state index is 11.5. The first kappa shape index (κ1) is 18.8. The van der Waals surface area contributed by atoms with Gasteiger partial charge in [0.25, 0.3) is 0 Å². The van der Waals surface area contributed by atoms with Gasteiger partial charge in [-0.25, -0.2) is 0 Å². The Balaban J connectivity index is 2.45. The Bertz CT molecular complexity index is 806. The van der Waals surface area contributed by atoms with Crippen molar-refractivity contribution in [1.82, 2.24) is 0 Å². The van der Waals surface area contributed by atoms with E-state index in [-0.39, 0.29) is 34.1 Å². The van der Waals surface area contributed by atoms with Gasteiger partial charge in [-0.15, -0.1) is 0 Å². The van der Waals surface area contributed by atoms with Crippen LogP contribution in [0.2, 0.25) is 0 Å². The zero-order chi connectivity index (χ0) is 19.1. The monoisotopic (exact) mass is 354 g/mol. The maximum Gasteiger partial charge on any atom is 0.161 e. The van der Waals surface area contributed by atoms with E-state index in [0.29, 0.717) is 23.7 Å². The maximum absolute atomic E-state index is 11.5. The normalized spacial score (nSPS) is 11.8. The summed E-state index contributed by atoms with van der Waals surface area (Å²) in [5, 5.41) is 19.3. The lowest BCUT2D eigenvalue weighted by molar-refractivity contribution is -0.107. The number of phenolic OH excluding ortho intramolecular Hbond substituents is 2. The van der Waals surface area contributed by atoms with E-state index in [4.69, 9.17) is 9.47 Å². The van der Waals surface area contributed by atoms with Gasteiger partial charge in [0.2, 0.25) is 0 Å². The van der Waals surface area contributed by atoms with Crippen LogP contribution in [0.1, 0.15) is 11.1 Å². The molecule has 0 spiro atoms. The lowest BCUT2D eigenvalue weighted by Crippen LogP contribution is -1.94. The summed E-state index contributed by atoms with van der Waals surface area (Å²) in [7, 11) is 2.83. The smallest absolute Gasteiger partial charge is 0.161 e. The van der Waals surface area contributed by atoms with Gasteiger partial charge in [0.05, 0.1) is 14.2 Å². The number of rotatable bonds is 7. The van der Waals surface area contributed by atoms with Gasteiger partial charge in [-0.3, -0.25) is 9.59 Å². The molecule has 2 aromatic carbocycles. The second-order valence-electron chi connectivity index (χ2n) is 5.30. The van der Waals surface area contributed by atoms with Crippen LogP contribution in [0.15, 0.2) is 47.5 Å². The molecule has 0 fully saturated rings. The van der Waals surface area contributed by atoms with E-state index in [0.717, 1.165) is 0 Å². The molecule has 2 N–H and O–H groups in total. The third-order valence-electron chi connectivity index (χ3n) is 3.64. The summed E-state index contributed by atoms with van der Waals surface area (Å²) in [6, 6.07) is 9.14. The number of allylic oxidation sites excluding steroid dienone is 2. The summed E-state index contributed by atoms with van der Waals surface area (Å²) in [5.74, 6) is 0.451. The van der Waals surface area contributed by atoms with Crippen LogP contribution in [0.3, 0.4) is 0 Å². The lowest BCUT2D eigenvalue weighted by atomic mass is 10.0. The molecule has 0 radical (unpaired) electrons. The third-order valence-corrected chi connectivity index (χ3v) is 3.64. The van der Waals surface area contributed by atoms with Crippen molar-refractivity contribution in [1.29, 1.82) is 0 Å². The highest BCUT2D eigenvalue weighted by Gasteiger charge is 2.08. The van der Waals surface area contributed by atoms with Crippen LogP contribution in [0.5, 0.6) is 23.0 Å². The average Bonchev–Trinajstić information content (AvgIpc) is 2.66. The first-order valence-electron chi connectivity index (χ1n) is 7.60. The SMILES string of the molecule is COc1cc(/C=C(C=O)/C(C=O)=C/c2ccc(O)c(OC)c2)ccc1O. The van der Waals surface area contributed by atoms with Gasteiger partial charge in [-0.1, -0.05) is 12.1 Å². The van der Waals surface area contributed by atoms with Gasteiger partial charge in [0.15, 0.2) is 35.6 Å². The van der Waals surface area contributed by atoms with Gasteiger partial charge in [-0.05, 0) is 47.5 Å². The summed E-state index contributed by atoms with van der Waals surface area (Å²) in [5.41, 5.74) is 1.47. The van der Waals surface area contributed by atoms with Crippen molar-refractivity contribution in [2.24, 2.45) is 0 Å². The standard InChI is InChI=1S/C20H18O6/c1-25-19-9-13(3-5-17(19)23)7-15(11-21)16(12-22)8-14-4-6-18(24)20(10-14)26-2/h3-12,23-24H,1-2H3/b15-7+,16-8+. The lowest BCUT2D eigenvalue weighted by Gasteiger charge is -2.06. The first-order valence-corrected chi connectivity index (χ1v) is 7.60. The molecule has 0 amide bonds. The fourth-order valence-corrected chi connectivity index (χ4v) is 2.30. The highest BCUT2D eigenvalue weighted by Crippen LogP contribution is 2.29. The van der Waals surface area contributed by atoms with E-state index in [1.807, 2.05) is 0 Å². The minimum atomic E-state index is -0.0281. The van der Waals surface area contributed by atoms with Gasteiger partial charge < -0.3 is 19.7 Å². The molecule has 134 valence electrons. The quantitative estimate of drug-likeness (QED) is 0.451. The molecular weight excluding hydrogens is 336 g/mol. The van der Waals surface area contributed by atoms with Crippen molar-refractivity contribution in [3.63, 3.8) is 0 Å². The average molecular weight is 354 g/mol. The summed E-state index contributed by atoms with van der Waals surface area (Å²) < 4.78 is 10.1. The van der Waals surface area contributed by atoms with Crippen molar-refractivity contribution in [3.05, 3.63) is 58.7 Å². The summed E-state index contributed by atoms with van der Waals surface area (Å²) in [6.45, 7) is 0. The van der Waals surface area contributed by atoms with Crippen LogP contribution in [-0.2, 0) is 9.59 Å². The number of phenols is 2. The molecule has 26 heavy (non-hydrogen) atoms. The molecule has 0 aliphatic heterocycles. The number of ether oxygens (including phenoxy) is 2. The molecule has 6 heteroatoms. The number of aromatic hydroxyl groups is 2. The van der Waals surface area contributed by atoms with E-state index in [1.165, 1.54) is 38.5 Å². The number of hydrogen-bond donors (Lipinski definition) is 2. The van der Waals surface area contributed by atoms with Gasteiger partial charge in [0.1, 0.15) is 0 Å². The van der Waals surface area contributed by atoms with Gasteiger partial charge in [-0.2, -0.15) is 0 Å². The second-order valence-corrected chi connectivity index (χ2v) is 5.30. The largest absolute Gasteiger partial charge is 0.504 e. The van der Waals surface area contributed by atoms with Crippen molar-refractivity contribution >= 4 is 24.7 Å². The Morgan fingerprint density at radius 1 is 0.769 bits per heavy atom. The molecule has 2 aromatic rings. The van der Waals surface area contributed by atoms with Crippen LogP contribution < -0.4 is 9.47 Å². The number of benzene rings is 2. The Labute approximate surface area is 150 Å². The minimum Gasteiger partial charge on any atom is -0.504 e. The molecule has 0 saturated carbocycles. The molecule has 0 atom stereocenters. The Kier molecular flexibility index (Phi) is 6.16.